The molecule has 0 fully saturated rings. The number of hydrogen-bond donors (Lipinski definition) is 0. The highest BCUT2D eigenvalue weighted by molar-refractivity contribution is 9.10. The zero-order valence-corrected chi connectivity index (χ0v) is 16.5. The minimum absolute atomic E-state index is 0.182. The van der Waals surface area contributed by atoms with Gasteiger partial charge in [-0.25, -0.2) is 0 Å². The van der Waals surface area contributed by atoms with Crippen molar-refractivity contribution in [2.45, 2.75) is 13.5 Å². The topological polar surface area (TPSA) is 63.7 Å². The first-order valence-electron chi connectivity index (χ1n) is 8.46. The molecule has 0 aromatic heterocycles. The first kappa shape index (κ1) is 20.6. The van der Waals surface area contributed by atoms with E-state index in [1.807, 2.05) is 30.3 Å². The minimum atomic E-state index is -0.491. The van der Waals surface area contributed by atoms with Gasteiger partial charge in [-0.15, -0.1) is 0 Å². The van der Waals surface area contributed by atoms with E-state index in [2.05, 4.69) is 15.9 Å². The molecule has 2 aromatic rings. The molecule has 5 nitrogen and oxygen atoms in total. The van der Waals surface area contributed by atoms with Crippen LogP contribution in [-0.4, -0.2) is 35.7 Å². The molecule has 0 bridgehead atoms. The Morgan fingerprint density at radius 3 is 2.30 bits per heavy atom. The van der Waals surface area contributed by atoms with E-state index in [-0.39, 0.29) is 25.5 Å². The van der Waals surface area contributed by atoms with E-state index in [0.717, 1.165) is 10.0 Å². The third kappa shape index (κ3) is 6.83. The van der Waals surface area contributed by atoms with E-state index in [0.29, 0.717) is 5.56 Å². The van der Waals surface area contributed by atoms with E-state index in [4.69, 9.17) is 4.74 Å². The number of esters is 1. The maximum atomic E-state index is 12.5. The van der Waals surface area contributed by atoms with E-state index in [1.54, 1.807) is 31.2 Å². The fourth-order valence-electron chi connectivity index (χ4n) is 2.34. The smallest absolute Gasteiger partial charge is 0.325 e. The third-order valence-corrected chi connectivity index (χ3v) is 4.19. The van der Waals surface area contributed by atoms with Crippen molar-refractivity contribution in [2.24, 2.45) is 0 Å². The van der Waals surface area contributed by atoms with Crippen molar-refractivity contribution >= 4 is 33.6 Å². The second-order valence-electron chi connectivity index (χ2n) is 5.69. The molecule has 0 saturated carbocycles. The van der Waals surface area contributed by atoms with Gasteiger partial charge in [-0.2, -0.15) is 0 Å². The van der Waals surface area contributed by atoms with Gasteiger partial charge in [0, 0.05) is 22.7 Å². The summed E-state index contributed by atoms with van der Waals surface area (Å²) < 4.78 is 5.80. The maximum Gasteiger partial charge on any atom is 0.325 e. The number of carbonyl (C=O) groups excluding carboxylic acids is 3. The van der Waals surface area contributed by atoms with E-state index in [1.165, 1.54) is 17.1 Å². The van der Waals surface area contributed by atoms with Crippen molar-refractivity contribution in [2.75, 3.05) is 13.2 Å². The Morgan fingerprint density at radius 2 is 1.67 bits per heavy atom. The summed E-state index contributed by atoms with van der Waals surface area (Å²) in [6.07, 6.45) is 2.40. The van der Waals surface area contributed by atoms with Crippen LogP contribution in [0.2, 0.25) is 0 Å². The van der Waals surface area contributed by atoms with Crippen LogP contribution in [0.5, 0.6) is 0 Å². The van der Waals surface area contributed by atoms with Crippen LogP contribution in [0.15, 0.2) is 71.2 Å². The highest BCUT2D eigenvalue weighted by Crippen LogP contribution is 2.11. The summed E-state index contributed by atoms with van der Waals surface area (Å²) in [4.78, 5) is 37.9. The number of allylic oxidation sites excluding steroid dienone is 1. The van der Waals surface area contributed by atoms with Crippen molar-refractivity contribution < 1.29 is 19.1 Å². The summed E-state index contributed by atoms with van der Waals surface area (Å²) in [6, 6.07) is 16.2. The van der Waals surface area contributed by atoms with Gasteiger partial charge in [-0.05, 0) is 42.8 Å². The molecule has 0 aliphatic rings. The molecule has 6 heteroatoms. The number of rotatable bonds is 8. The van der Waals surface area contributed by atoms with Crippen molar-refractivity contribution in [1.29, 1.82) is 0 Å². The van der Waals surface area contributed by atoms with Gasteiger partial charge in [0.25, 0.3) is 0 Å². The molecule has 0 atom stereocenters. The number of amides is 1. The highest BCUT2D eigenvalue weighted by Gasteiger charge is 2.17. The monoisotopic (exact) mass is 429 g/mol. The van der Waals surface area contributed by atoms with Crippen LogP contribution in [0.1, 0.15) is 22.8 Å². The normalized spacial score (nSPS) is 10.6. The predicted octanol–water partition coefficient (Wildman–Crippen LogP) is 3.78. The highest BCUT2D eigenvalue weighted by atomic mass is 79.9. The van der Waals surface area contributed by atoms with Gasteiger partial charge in [-0.1, -0.05) is 46.3 Å². The van der Waals surface area contributed by atoms with Gasteiger partial charge in [0.2, 0.25) is 5.91 Å². The Hall–Kier alpha value is -2.73. The van der Waals surface area contributed by atoms with Gasteiger partial charge < -0.3 is 9.64 Å². The number of carbonyl (C=O) groups is 3. The first-order valence-corrected chi connectivity index (χ1v) is 9.25. The Balaban J connectivity index is 2.10. The summed E-state index contributed by atoms with van der Waals surface area (Å²) in [5.74, 6) is -1.21. The van der Waals surface area contributed by atoms with Crippen molar-refractivity contribution in [3.8, 4) is 0 Å². The lowest BCUT2D eigenvalue weighted by molar-refractivity contribution is -0.148. The van der Waals surface area contributed by atoms with Crippen LogP contribution in [0, 0.1) is 0 Å². The van der Waals surface area contributed by atoms with Crippen molar-refractivity contribution in [3.63, 3.8) is 0 Å². The SMILES string of the molecule is CCOC(=O)CN(Cc1ccccc1)C(=O)/C=C/C(=O)c1ccc(Br)cc1. The zero-order chi connectivity index (χ0) is 19.6. The Bertz CT molecular complexity index is 816. The molecule has 0 aliphatic heterocycles. The predicted molar refractivity (Wildman–Crippen MR) is 106 cm³/mol. The van der Waals surface area contributed by atoms with Gasteiger partial charge >= 0.3 is 5.97 Å². The average Bonchev–Trinajstić information content (AvgIpc) is 2.67. The average molecular weight is 430 g/mol. The molecule has 1 amide bonds. The molecule has 2 rings (SSSR count). The summed E-state index contributed by atoms with van der Waals surface area (Å²) in [5, 5.41) is 0. The number of nitrogens with zero attached hydrogens (tertiary/aromatic N) is 1. The zero-order valence-electron chi connectivity index (χ0n) is 14.9. The molecule has 0 saturated heterocycles. The van der Waals surface area contributed by atoms with Gasteiger partial charge in [0.15, 0.2) is 5.78 Å². The molecular weight excluding hydrogens is 410 g/mol. The van der Waals surface area contributed by atoms with E-state index >= 15 is 0 Å². The Morgan fingerprint density at radius 1 is 1.00 bits per heavy atom. The van der Waals surface area contributed by atoms with Crippen molar-refractivity contribution in [1.82, 2.24) is 4.90 Å². The first-order chi connectivity index (χ1) is 13.0. The molecule has 0 heterocycles. The molecule has 0 N–H and O–H groups in total. The summed E-state index contributed by atoms with van der Waals surface area (Å²) in [5.41, 5.74) is 1.35. The van der Waals surface area contributed by atoms with Crippen LogP contribution < -0.4 is 0 Å². The fraction of sp³-hybridized carbons (Fsp3) is 0.190. The number of ether oxygens (including phenoxy) is 1. The van der Waals surface area contributed by atoms with Crippen LogP contribution in [0.3, 0.4) is 0 Å². The van der Waals surface area contributed by atoms with Crippen LogP contribution >= 0.6 is 15.9 Å². The van der Waals surface area contributed by atoms with Gasteiger partial charge in [-0.3, -0.25) is 14.4 Å². The van der Waals surface area contributed by atoms with Crippen LogP contribution in [0.25, 0.3) is 0 Å². The Labute approximate surface area is 166 Å². The molecule has 0 spiro atoms. The summed E-state index contributed by atoms with van der Waals surface area (Å²) in [7, 11) is 0. The number of benzene rings is 2. The maximum absolute atomic E-state index is 12.5. The molecule has 0 unspecified atom stereocenters. The molecule has 0 radical (unpaired) electrons. The largest absolute Gasteiger partial charge is 0.465 e. The van der Waals surface area contributed by atoms with Gasteiger partial charge in [0.1, 0.15) is 6.54 Å². The standard InChI is InChI=1S/C21H20BrNO4/c1-2-27-21(26)15-23(14-16-6-4-3-5-7-16)20(25)13-12-19(24)17-8-10-18(22)11-9-17/h3-13H,2,14-15H2,1H3/b13-12+. The second-order valence-corrected chi connectivity index (χ2v) is 6.61. The van der Waals surface area contributed by atoms with Crippen LogP contribution in [-0.2, 0) is 20.9 Å². The number of ketones is 1. The number of halogens is 1. The molecule has 27 heavy (non-hydrogen) atoms. The molecule has 2 aromatic carbocycles. The van der Waals surface area contributed by atoms with Gasteiger partial charge in [0.05, 0.1) is 6.61 Å². The summed E-state index contributed by atoms with van der Waals surface area (Å²) >= 11 is 3.31. The molecule has 140 valence electrons. The second kappa shape index (κ2) is 10.4. The summed E-state index contributed by atoms with van der Waals surface area (Å²) in [6.45, 7) is 2.01. The van der Waals surface area contributed by atoms with E-state index < -0.39 is 11.9 Å². The molecule has 0 aliphatic carbocycles. The molecular formula is C21H20BrNO4. The van der Waals surface area contributed by atoms with E-state index in [9.17, 15) is 14.4 Å². The third-order valence-electron chi connectivity index (χ3n) is 3.66. The lowest BCUT2D eigenvalue weighted by atomic mass is 10.1. The minimum Gasteiger partial charge on any atom is -0.465 e. The lowest BCUT2D eigenvalue weighted by Gasteiger charge is -2.20. The quantitative estimate of drug-likeness (QED) is 0.363. The van der Waals surface area contributed by atoms with Crippen molar-refractivity contribution in [3.05, 3.63) is 82.3 Å². The Kier molecular flexibility index (Phi) is 7.95. The number of hydrogen-bond acceptors (Lipinski definition) is 4. The fourth-order valence-corrected chi connectivity index (χ4v) is 2.61. The lowest BCUT2D eigenvalue weighted by Crippen LogP contribution is -2.35. The van der Waals surface area contributed by atoms with Crippen LogP contribution in [0.4, 0.5) is 0 Å².